The van der Waals surface area contributed by atoms with Crippen LogP contribution in [0.4, 0.5) is 11.4 Å². The number of hydrogen-bond donors (Lipinski definition) is 2. The molecule has 0 heterocycles. The Balaban J connectivity index is 2.16. The van der Waals surface area contributed by atoms with E-state index in [2.05, 4.69) is 5.32 Å². The minimum atomic E-state index is -0.453. The van der Waals surface area contributed by atoms with Crippen LogP contribution in [0.3, 0.4) is 0 Å². The maximum absolute atomic E-state index is 11.0. The molecule has 0 aromatic heterocycles. The summed E-state index contributed by atoms with van der Waals surface area (Å²) < 4.78 is 0. The fraction of sp³-hybridized carbons (Fsp3) is 0.143. The number of hydrogen-bond acceptors (Lipinski definition) is 4. The SMILES string of the molecule is NCc1ccc(CNc2c(Cl)cccc2[N+](=O)[O-])cc1. The molecular formula is C14H14ClN3O2. The minimum absolute atomic E-state index is 0.0314. The topological polar surface area (TPSA) is 81.2 Å². The van der Waals surface area contributed by atoms with Gasteiger partial charge in [-0.2, -0.15) is 0 Å². The maximum atomic E-state index is 11.0. The van der Waals surface area contributed by atoms with E-state index in [1.54, 1.807) is 12.1 Å². The summed E-state index contributed by atoms with van der Waals surface area (Å²) in [6.45, 7) is 0.944. The first kappa shape index (κ1) is 14.3. The van der Waals surface area contributed by atoms with Gasteiger partial charge in [-0.1, -0.05) is 41.9 Å². The molecule has 0 saturated carbocycles. The number of halogens is 1. The smallest absolute Gasteiger partial charge is 0.293 e. The Morgan fingerprint density at radius 1 is 1.15 bits per heavy atom. The van der Waals surface area contributed by atoms with Gasteiger partial charge in [0.1, 0.15) is 5.69 Å². The number of nitro benzene ring substituents is 1. The number of para-hydroxylation sites is 1. The zero-order valence-corrected chi connectivity index (χ0v) is 11.4. The monoisotopic (exact) mass is 291 g/mol. The first-order valence-electron chi connectivity index (χ1n) is 6.06. The zero-order valence-electron chi connectivity index (χ0n) is 10.7. The van der Waals surface area contributed by atoms with Crippen LogP contribution in [-0.4, -0.2) is 4.92 Å². The summed E-state index contributed by atoms with van der Waals surface area (Å²) in [5, 5.41) is 14.3. The highest BCUT2D eigenvalue weighted by Gasteiger charge is 2.15. The van der Waals surface area contributed by atoms with Gasteiger partial charge >= 0.3 is 0 Å². The van der Waals surface area contributed by atoms with Gasteiger partial charge in [-0.25, -0.2) is 0 Å². The number of nitrogens with two attached hydrogens (primary N) is 1. The Morgan fingerprint density at radius 2 is 1.80 bits per heavy atom. The first-order valence-corrected chi connectivity index (χ1v) is 6.44. The Bertz CT molecular complexity index is 614. The molecule has 0 bridgehead atoms. The van der Waals surface area contributed by atoms with E-state index in [-0.39, 0.29) is 5.69 Å². The van der Waals surface area contributed by atoms with Crippen LogP contribution in [0.1, 0.15) is 11.1 Å². The molecule has 0 radical (unpaired) electrons. The highest BCUT2D eigenvalue weighted by Crippen LogP contribution is 2.32. The summed E-state index contributed by atoms with van der Waals surface area (Å²) in [6.07, 6.45) is 0. The average molecular weight is 292 g/mol. The van der Waals surface area contributed by atoms with E-state index in [9.17, 15) is 10.1 Å². The van der Waals surface area contributed by atoms with E-state index in [4.69, 9.17) is 17.3 Å². The molecule has 0 aliphatic rings. The van der Waals surface area contributed by atoms with E-state index in [0.29, 0.717) is 23.8 Å². The number of nitro groups is 1. The van der Waals surface area contributed by atoms with Gasteiger partial charge in [0, 0.05) is 19.2 Å². The largest absolute Gasteiger partial charge is 0.374 e. The quantitative estimate of drug-likeness (QED) is 0.654. The molecule has 5 nitrogen and oxygen atoms in total. The maximum Gasteiger partial charge on any atom is 0.293 e. The number of nitrogens with one attached hydrogen (secondary N) is 1. The van der Waals surface area contributed by atoms with E-state index in [1.165, 1.54) is 6.07 Å². The van der Waals surface area contributed by atoms with Gasteiger partial charge in [0.25, 0.3) is 5.69 Å². The summed E-state index contributed by atoms with van der Waals surface area (Å²) in [7, 11) is 0. The van der Waals surface area contributed by atoms with Crippen molar-refractivity contribution >= 4 is 23.0 Å². The van der Waals surface area contributed by atoms with E-state index >= 15 is 0 Å². The lowest BCUT2D eigenvalue weighted by molar-refractivity contribution is -0.383. The number of nitrogens with zero attached hydrogens (tertiary/aromatic N) is 1. The summed E-state index contributed by atoms with van der Waals surface area (Å²) in [6, 6.07) is 12.3. The number of anilines is 1. The molecule has 20 heavy (non-hydrogen) atoms. The standard InChI is InChI=1S/C14H14ClN3O2/c15-12-2-1-3-13(18(19)20)14(12)17-9-11-6-4-10(8-16)5-7-11/h1-7,17H,8-9,16H2. The van der Waals surface area contributed by atoms with Crippen molar-refractivity contribution in [2.24, 2.45) is 5.73 Å². The molecule has 2 aromatic carbocycles. The van der Waals surface area contributed by atoms with Gasteiger partial charge in [0.2, 0.25) is 0 Å². The molecule has 0 aliphatic carbocycles. The summed E-state index contributed by atoms with van der Waals surface area (Å²) in [4.78, 5) is 10.5. The predicted octanol–water partition coefficient (Wildman–Crippen LogP) is 3.32. The fourth-order valence-electron chi connectivity index (χ4n) is 1.82. The van der Waals surface area contributed by atoms with E-state index < -0.39 is 4.92 Å². The van der Waals surface area contributed by atoms with Crippen LogP contribution in [0, 0.1) is 10.1 Å². The van der Waals surface area contributed by atoms with Crippen LogP contribution in [0.5, 0.6) is 0 Å². The third-order valence-corrected chi connectivity index (χ3v) is 3.23. The van der Waals surface area contributed by atoms with Crippen LogP contribution >= 0.6 is 11.6 Å². The van der Waals surface area contributed by atoms with Gasteiger partial charge in [0.15, 0.2) is 0 Å². The first-order chi connectivity index (χ1) is 9.61. The molecule has 0 amide bonds. The van der Waals surface area contributed by atoms with E-state index in [0.717, 1.165) is 11.1 Å². The molecular weight excluding hydrogens is 278 g/mol. The van der Waals surface area contributed by atoms with Crippen molar-refractivity contribution < 1.29 is 4.92 Å². The molecule has 0 aliphatic heterocycles. The molecule has 3 N–H and O–H groups in total. The van der Waals surface area contributed by atoms with Crippen molar-refractivity contribution in [2.45, 2.75) is 13.1 Å². The predicted molar refractivity (Wildman–Crippen MR) is 79.8 cm³/mol. The lowest BCUT2D eigenvalue weighted by Crippen LogP contribution is -2.04. The second-order valence-electron chi connectivity index (χ2n) is 4.27. The van der Waals surface area contributed by atoms with E-state index in [1.807, 2.05) is 24.3 Å². The Hall–Kier alpha value is -2.11. The van der Waals surface area contributed by atoms with Crippen molar-refractivity contribution in [3.63, 3.8) is 0 Å². The second kappa shape index (κ2) is 6.36. The van der Waals surface area contributed by atoms with Crippen molar-refractivity contribution in [3.8, 4) is 0 Å². The Labute approximate surface area is 121 Å². The second-order valence-corrected chi connectivity index (χ2v) is 4.67. The van der Waals surface area contributed by atoms with Gasteiger partial charge in [-0.05, 0) is 17.2 Å². The molecule has 0 atom stereocenters. The van der Waals surface area contributed by atoms with Gasteiger partial charge in [-0.15, -0.1) is 0 Å². The van der Waals surface area contributed by atoms with Gasteiger partial charge < -0.3 is 11.1 Å². The van der Waals surface area contributed by atoms with Crippen molar-refractivity contribution in [1.82, 2.24) is 0 Å². The lowest BCUT2D eigenvalue weighted by atomic mass is 10.1. The zero-order chi connectivity index (χ0) is 14.5. The minimum Gasteiger partial charge on any atom is -0.374 e. The lowest BCUT2D eigenvalue weighted by Gasteiger charge is -2.09. The highest BCUT2D eigenvalue weighted by atomic mass is 35.5. The van der Waals surface area contributed by atoms with Crippen LogP contribution < -0.4 is 11.1 Å². The van der Waals surface area contributed by atoms with Crippen LogP contribution in [0.2, 0.25) is 5.02 Å². The normalized spacial score (nSPS) is 10.3. The molecule has 0 fully saturated rings. The molecule has 0 spiro atoms. The summed E-state index contributed by atoms with van der Waals surface area (Å²) in [5.74, 6) is 0. The molecule has 0 saturated heterocycles. The summed E-state index contributed by atoms with van der Waals surface area (Å²) in [5.41, 5.74) is 7.87. The molecule has 2 rings (SSSR count). The average Bonchev–Trinajstić information content (AvgIpc) is 2.46. The number of rotatable bonds is 5. The van der Waals surface area contributed by atoms with Gasteiger partial charge in [0.05, 0.1) is 9.95 Å². The van der Waals surface area contributed by atoms with Crippen molar-refractivity contribution in [3.05, 3.63) is 68.7 Å². The highest BCUT2D eigenvalue weighted by molar-refractivity contribution is 6.33. The van der Waals surface area contributed by atoms with Gasteiger partial charge in [-0.3, -0.25) is 10.1 Å². The van der Waals surface area contributed by atoms with Crippen LogP contribution in [0.15, 0.2) is 42.5 Å². The Morgan fingerprint density at radius 3 is 2.40 bits per heavy atom. The third-order valence-electron chi connectivity index (χ3n) is 2.92. The molecule has 0 unspecified atom stereocenters. The van der Waals surface area contributed by atoms with Crippen molar-refractivity contribution in [1.29, 1.82) is 0 Å². The molecule has 6 heteroatoms. The molecule has 2 aromatic rings. The van der Waals surface area contributed by atoms with Crippen LogP contribution in [0.25, 0.3) is 0 Å². The Kier molecular flexibility index (Phi) is 4.55. The number of benzene rings is 2. The van der Waals surface area contributed by atoms with Crippen LogP contribution in [-0.2, 0) is 13.1 Å². The third kappa shape index (κ3) is 3.26. The fourth-order valence-corrected chi connectivity index (χ4v) is 2.06. The van der Waals surface area contributed by atoms with Crippen molar-refractivity contribution in [2.75, 3.05) is 5.32 Å². The molecule has 104 valence electrons. The summed E-state index contributed by atoms with van der Waals surface area (Å²) >= 11 is 6.00.